The minimum Gasteiger partial charge on any atom is -0.330 e. The molecule has 15 heavy (non-hydrogen) atoms. The van der Waals surface area contributed by atoms with E-state index in [0.717, 1.165) is 24.7 Å². The average Bonchev–Trinajstić information content (AvgIpc) is 3.02. The minimum atomic E-state index is -0.254. The van der Waals surface area contributed by atoms with Crippen molar-refractivity contribution < 1.29 is 9.18 Å². The van der Waals surface area contributed by atoms with Crippen LogP contribution in [0.3, 0.4) is 0 Å². The highest BCUT2D eigenvalue weighted by Crippen LogP contribution is 2.48. The van der Waals surface area contributed by atoms with Crippen LogP contribution in [-0.2, 0) is 5.41 Å². The van der Waals surface area contributed by atoms with Crippen molar-refractivity contribution in [3.63, 3.8) is 0 Å². The lowest BCUT2D eigenvalue weighted by molar-refractivity contribution is 0.112. The van der Waals surface area contributed by atoms with Gasteiger partial charge in [0, 0.05) is 17.5 Å². The minimum absolute atomic E-state index is 0.134. The van der Waals surface area contributed by atoms with Gasteiger partial charge in [0.05, 0.1) is 0 Å². The summed E-state index contributed by atoms with van der Waals surface area (Å²) >= 11 is 0. The first kappa shape index (κ1) is 10.3. The highest BCUT2D eigenvalue weighted by atomic mass is 19.1. The standard InChI is InChI=1S/C12H14FNO/c1-8-4-9(6-15)10(5-11(8)13)12(7-14)2-3-12/h4-6H,2-3,7,14H2,1H3. The van der Waals surface area contributed by atoms with Crippen molar-refractivity contribution in [3.05, 3.63) is 34.6 Å². The summed E-state index contributed by atoms with van der Waals surface area (Å²) in [5.41, 5.74) is 7.41. The Balaban J connectivity index is 2.55. The van der Waals surface area contributed by atoms with Crippen LogP contribution in [0.5, 0.6) is 0 Å². The molecule has 3 heteroatoms. The third-order valence-electron chi connectivity index (χ3n) is 3.27. The number of benzene rings is 1. The first-order valence-electron chi connectivity index (χ1n) is 5.09. The molecule has 0 bridgehead atoms. The molecule has 0 heterocycles. The average molecular weight is 207 g/mol. The summed E-state index contributed by atoms with van der Waals surface area (Å²) in [4.78, 5) is 10.9. The molecule has 1 aliphatic carbocycles. The van der Waals surface area contributed by atoms with Gasteiger partial charge < -0.3 is 5.73 Å². The van der Waals surface area contributed by atoms with E-state index in [1.165, 1.54) is 6.07 Å². The predicted octanol–water partition coefficient (Wildman–Crippen LogP) is 1.94. The zero-order valence-electron chi connectivity index (χ0n) is 8.72. The summed E-state index contributed by atoms with van der Waals surface area (Å²) in [5, 5.41) is 0. The zero-order chi connectivity index (χ0) is 11.1. The van der Waals surface area contributed by atoms with Gasteiger partial charge in [-0.3, -0.25) is 4.79 Å². The molecule has 1 fully saturated rings. The fourth-order valence-corrected chi connectivity index (χ4v) is 1.99. The summed E-state index contributed by atoms with van der Waals surface area (Å²) in [6.45, 7) is 2.14. The van der Waals surface area contributed by atoms with E-state index in [2.05, 4.69) is 0 Å². The van der Waals surface area contributed by atoms with Crippen molar-refractivity contribution >= 4 is 6.29 Å². The van der Waals surface area contributed by atoms with Gasteiger partial charge >= 0.3 is 0 Å². The molecule has 1 aromatic rings. The van der Waals surface area contributed by atoms with Crippen LogP contribution in [0.1, 0.15) is 34.3 Å². The van der Waals surface area contributed by atoms with E-state index in [1.807, 2.05) is 0 Å². The Labute approximate surface area is 88.3 Å². The van der Waals surface area contributed by atoms with Crippen LogP contribution in [0, 0.1) is 12.7 Å². The predicted molar refractivity (Wildman–Crippen MR) is 56.5 cm³/mol. The van der Waals surface area contributed by atoms with Crippen molar-refractivity contribution in [1.29, 1.82) is 0 Å². The normalized spacial score (nSPS) is 17.5. The van der Waals surface area contributed by atoms with Crippen LogP contribution in [0.4, 0.5) is 4.39 Å². The molecule has 0 saturated heterocycles. The highest BCUT2D eigenvalue weighted by Gasteiger charge is 2.44. The van der Waals surface area contributed by atoms with Crippen molar-refractivity contribution in [2.24, 2.45) is 5.73 Å². The fraction of sp³-hybridized carbons (Fsp3) is 0.417. The summed E-state index contributed by atoms with van der Waals surface area (Å²) in [6.07, 6.45) is 2.69. The molecule has 0 aliphatic heterocycles. The molecule has 2 N–H and O–H groups in total. The maximum absolute atomic E-state index is 13.4. The van der Waals surface area contributed by atoms with Gasteiger partial charge in [-0.05, 0) is 43.0 Å². The number of rotatable bonds is 3. The van der Waals surface area contributed by atoms with Crippen LogP contribution < -0.4 is 5.73 Å². The van der Waals surface area contributed by atoms with Gasteiger partial charge in [-0.1, -0.05) is 0 Å². The number of aldehydes is 1. The van der Waals surface area contributed by atoms with Gasteiger partial charge in [0.15, 0.2) is 0 Å². The molecular weight excluding hydrogens is 193 g/mol. The third-order valence-corrected chi connectivity index (χ3v) is 3.27. The van der Waals surface area contributed by atoms with Crippen molar-refractivity contribution in [3.8, 4) is 0 Å². The second-order valence-corrected chi connectivity index (χ2v) is 4.29. The lowest BCUT2D eigenvalue weighted by Crippen LogP contribution is -2.21. The molecule has 0 unspecified atom stereocenters. The van der Waals surface area contributed by atoms with Gasteiger partial charge in [0.25, 0.3) is 0 Å². The summed E-state index contributed by atoms with van der Waals surface area (Å²) in [6, 6.07) is 3.08. The Bertz CT molecular complexity index is 410. The van der Waals surface area contributed by atoms with E-state index in [1.54, 1.807) is 13.0 Å². The Morgan fingerprint density at radius 1 is 1.53 bits per heavy atom. The Kier molecular flexibility index (Phi) is 2.35. The first-order valence-corrected chi connectivity index (χ1v) is 5.09. The van der Waals surface area contributed by atoms with Crippen LogP contribution in [-0.4, -0.2) is 12.8 Å². The number of carbonyl (C=O) groups is 1. The van der Waals surface area contributed by atoms with Gasteiger partial charge in [-0.15, -0.1) is 0 Å². The highest BCUT2D eigenvalue weighted by molar-refractivity contribution is 5.79. The first-order chi connectivity index (χ1) is 7.13. The molecule has 1 aliphatic rings. The van der Waals surface area contributed by atoms with Crippen LogP contribution >= 0.6 is 0 Å². The van der Waals surface area contributed by atoms with Crippen molar-refractivity contribution in [2.45, 2.75) is 25.2 Å². The van der Waals surface area contributed by atoms with E-state index in [0.29, 0.717) is 17.7 Å². The van der Waals surface area contributed by atoms with Crippen LogP contribution in [0.25, 0.3) is 0 Å². The van der Waals surface area contributed by atoms with Gasteiger partial charge in [0.1, 0.15) is 12.1 Å². The van der Waals surface area contributed by atoms with Crippen molar-refractivity contribution in [1.82, 2.24) is 0 Å². The molecule has 2 rings (SSSR count). The Morgan fingerprint density at radius 3 is 2.67 bits per heavy atom. The number of halogens is 1. The van der Waals surface area contributed by atoms with E-state index in [4.69, 9.17) is 5.73 Å². The SMILES string of the molecule is Cc1cc(C=O)c(C2(CN)CC2)cc1F. The summed E-state index contributed by atoms with van der Waals surface area (Å²) in [7, 11) is 0. The second kappa shape index (κ2) is 3.42. The number of aryl methyl sites for hydroxylation is 1. The van der Waals surface area contributed by atoms with Gasteiger partial charge in [-0.25, -0.2) is 4.39 Å². The summed E-state index contributed by atoms with van der Waals surface area (Å²) in [5.74, 6) is -0.254. The Morgan fingerprint density at radius 2 is 2.20 bits per heavy atom. The molecule has 0 atom stereocenters. The quantitative estimate of drug-likeness (QED) is 0.770. The number of nitrogens with two attached hydrogens (primary N) is 1. The largest absolute Gasteiger partial charge is 0.330 e. The monoisotopic (exact) mass is 207 g/mol. The fourth-order valence-electron chi connectivity index (χ4n) is 1.99. The molecular formula is C12H14FNO. The number of hydrogen-bond donors (Lipinski definition) is 1. The van der Waals surface area contributed by atoms with Gasteiger partial charge in [-0.2, -0.15) is 0 Å². The number of carbonyl (C=O) groups excluding carboxylic acids is 1. The Hall–Kier alpha value is -1.22. The maximum Gasteiger partial charge on any atom is 0.150 e. The van der Waals surface area contributed by atoms with E-state index >= 15 is 0 Å². The molecule has 2 nitrogen and oxygen atoms in total. The molecule has 80 valence electrons. The zero-order valence-corrected chi connectivity index (χ0v) is 8.72. The molecule has 1 saturated carbocycles. The lowest BCUT2D eigenvalue weighted by atomic mass is 9.90. The smallest absolute Gasteiger partial charge is 0.150 e. The van der Waals surface area contributed by atoms with E-state index in [9.17, 15) is 9.18 Å². The lowest BCUT2D eigenvalue weighted by Gasteiger charge is -2.16. The molecule has 0 spiro atoms. The molecule has 0 amide bonds. The third kappa shape index (κ3) is 1.57. The molecule has 1 aromatic carbocycles. The van der Waals surface area contributed by atoms with Gasteiger partial charge in [0.2, 0.25) is 0 Å². The number of hydrogen-bond acceptors (Lipinski definition) is 2. The van der Waals surface area contributed by atoms with E-state index < -0.39 is 0 Å². The van der Waals surface area contributed by atoms with E-state index in [-0.39, 0.29) is 11.2 Å². The molecule has 0 radical (unpaired) electrons. The van der Waals surface area contributed by atoms with Crippen LogP contribution in [0.15, 0.2) is 12.1 Å². The summed E-state index contributed by atoms with van der Waals surface area (Å²) < 4.78 is 13.4. The van der Waals surface area contributed by atoms with Crippen molar-refractivity contribution in [2.75, 3.05) is 6.54 Å². The topological polar surface area (TPSA) is 43.1 Å². The van der Waals surface area contributed by atoms with Crippen LogP contribution in [0.2, 0.25) is 0 Å². The molecule has 0 aromatic heterocycles. The maximum atomic E-state index is 13.4. The second-order valence-electron chi connectivity index (χ2n) is 4.29.